The van der Waals surface area contributed by atoms with E-state index >= 15 is 0 Å². The lowest BCUT2D eigenvalue weighted by molar-refractivity contribution is -0.121. The van der Waals surface area contributed by atoms with Crippen LogP contribution in [0.4, 0.5) is 0 Å². The highest BCUT2D eigenvalue weighted by molar-refractivity contribution is 7.10. The van der Waals surface area contributed by atoms with Crippen LogP contribution in [0, 0.1) is 0 Å². The Balaban J connectivity index is 2.38. The Kier molecular flexibility index (Phi) is 5.82. The maximum atomic E-state index is 11.8. The van der Waals surface area contributed by atoms with E-state index in [0.29, 0.717) is 13.0 Å². The molecule has 0 saturated heterocycles. The minimum Gasteiger partial charge on any atom is -0.355 e. The smallest absolute Gasteiger partial charge is 0.221 e. The molecule has 2 N–H and O–H groups in total. The van der Waals surface area contributed by atoms with Gasteiger partial charge in [-0.05, 0) is 24.9 Å². The fraction of sp³-hybridized carbons (Fsp3) is 0.643. The first-order valence-corrected chi connectivity index (χ1v) is 7.37. The Morgan fingerprint density at radius 3 is 2.78 bits per heavy atom. The van der Waals surface area contributed by atoms with E-state index in [1.54, 1.807) is 11.3 Å². The second-order valence-corrected chi connectivity index (χ2v) is 6.25. The van der Waals surface area contributed by atoms with Crippen LogP contribution < -0.4 is 10.6 Å². The van der Waals surface area contributed by atoms with Crippen molar-refractivity contribution >= 4 is 17.2 Å². The molecule has 0 spiro atoms. The topological polar surface area (TPSA) is 41.1 Å². The summed E-state index contributed by atoms with van der Waals surface area (Å²) in [5.74, 6) is 0.119. The molecule has 3 nitrogen and oxygen atoms in total. The van der Waals surface area contributed by atoms with Gasteiger partial charge in [-0.3, -0.25) is 4.79 Å². The van der Waals surface area contributed by atoms with Crippen molar-refractivity contribution in [2.45, 2.75) is 45.6 Å². The Labute approximate surface area is 114 Å². The highest BCUT2D eigenvalue weighted by atomic mass is 32.1. The molecule has 1 heterocycles. The van der Waals surface area contributed by atoms with E-state index in [9.17, 15) is 4.79 Å². The quantitative estimate of drug-likeness (QED) is 0.798. The predicted molar refractivity (Wildman–Crippen MR) is 78.1 cm³/mol. The molecular weight excluding hydrogens is 244 g/mol. The molecule has 1 amide bonds. The summed E-state index contributed by atoms with van der Waals surface area (Å²) in [6.07, 6.45) is 0.536. The van der Waals surface area contributed by atoms with Gasteiger partial charge in [-0.15, -0.1) is 11.3 Å². The Morgan fingerprint density at radius 1 is 1.50 bits per heavy atom. The minimum absolute atomic E-state index is 0.00521. The van der Waals surface area contributed by atoms with Crippen LogP contribution >= 0.6 is 11.3 Å². The van der Waals surface area contributed by atoms with Crippen molar-refractivity contribution in [1.29, 1.82) is 0 Å². The second kappa shape index (κ2) is 6.90. The summed E-state index contributed by atoms with van der Waals surface area (Å²) >= 11 is 1.74. The summed E-state index contributed by atoms with van der Waals surface area (Å²) in [5.41, 5.74) is 0.00521. The molecule has 0 saturated carbocycles. The van der Waals surface area contributed by atoms with Crippen LogP contribution in [0.2, 0.25) is 0 Å². The van der Waals surface area contributed by atoms with Crippen molar-refractivity contribution in [2.75, 3.05) is 13.1 Å². The summed E-state index contributed by atoms with van der Waals surface area (Å²) in [5, 5.41) is 8.35. The zero-order chi connectivity index (χ0) is 13.6. The maximum absolute atomic E-state index is 11.8. The zero-order valence-electron chi connectivity index (χ0n) is 11.7. The van der Waals surface area contributed by atoms with Crippen LogP contribution in [0.25, 0.3) is 0 Å². The molecule has 1 aromatic heterocycles. The summed E-state index contributed by atoms with van der Waals surface area (Å²) in [4.78, 5) is 13.1. The summed E-state index contributed by atoms with van der Waals surface area (Å²) in [7, 11) is 0. The van der Waals surface area contributed by atoms with Crippen LogP contribution in [0.5, 0.6) is 0 Å². The third-order valence-corrected chi connectivity index (χ3v) is 4.20. The van der Waals surface area contributed by atoms with Crippen molar-refractivity contribution < 1.29 is 4.79 Å². The summed E-state index contributed by atoms with van der Waals surface area (Å²) in [6, 6.07) is 4.41. The lowest BCUT2D eigenvalue weighted by Crippen LogP contribution is -2.39. The molecule has 18 heavy (non-hydrogen) atoms. The molecule has 1 unspecified atom stereocenters. The van der Waals surface area contributed by atoms with Gasteiger partial charge in [-0.25, -0.2) is 0 Å². The number of rotatable bonds is 7. The normalized spacial score (nSPS) is 13.3. The van der Waals surface area contributed by atoms with Crippen LogP contribution in [-0.2, 0) is 10.2 Å². The number of hydrogen-bond acceptors (Lipinski definition) is 3. The first-order valence-electron chi connectivity index (χ1n) is 6.49. The molecule has 1 aromatic rings. The fourth-order valence-electron chi connectivity index (χ4n) is 1.84. The van der Waals surface area contributed by atoms with Gasteiger partial charge in [0, 0.05) is 29.3 Å². The highest BCUT2D eigenvalue weighted by Crippen LogP contribution is 2.26. The van der Waals surface area contributed by atoms with Crippen LogP contribution in [-0.4, -0.2) is 25.0 Å². The number of amides is 1. The van der Waals surface area contributed by atoms with Gasteiger partial charge in [0.25, 0.3) is 0 Å². The van der Waals surface area contributed by atoms with E-state index < -0.39 is 0 Å². The van der Waals surface area contributed by atoms with Gasteiger partial charge in [0.05, 0.1) is 0 Å². The van der Waals surface area contributed by atoms with Crippen LogP contribution in [0.3, 0.4) is 0 Å². The van der Waals surface area contributed by atoms with Gasteiger partial charge in [0.1, 0.15) is 0 Å². The van der Waals surface area contributed by atoms with E-state index in [-0.39, 0.29) is 17.4 Å². The van der Waals surface area contributed by atoms with Crippen molar-refractivity contribution in [3.8, 4) is 0 Å². The standard InChI is InChI=1S/C14H24N2OS/c1-5-15-11(2)9-13(17)16-10-14(3,4)12-7-6-8-18-12/h6-8,11,15H,5,9-10H2,1-4H3,(H,16,17). The van der Waals surface area contributed by atoms with Gasteiger partial charge in [0.2, 0.25) is 5.91 Å². The molecule has 1 rings (SSSR count). The second-order valence-electron chi connectivity index (χ2n) is 5.30. The molecule has 1 atom stereocenters. The lowest BCUT2D eigenvalue weighted by Gasteiger charge is -2.24. The third kappa shape index (κ3) is 4.78. The van der Waals surface area contributed by atoms with E-state index in [1.807, 2.05) is 13.8 Å². The molecule has 0 aliphatic carbocycles. The predicted octanol–water partition coefficient (Wildman–Crippen LogP) is 2.53. The average molecular weight is 268 g/mol. The fourth-order valence-corrected chi connectivity index (χ4v) is 2.69. The van der Waals surface area contributed by atoms with Crippen molar-refractivity contribution in [3.63, 3.8) is 0 Å². The van der Waals surface area contributed by atoms with Gasteiger partial charge in [-0.2, -0.15) is 0 Å². The minimum atomic E-state index is 0.00521. The van der Waals surface area contributed by atoms with Crippen molar-refractivity contribution in [1.82, 2.24) is 10.6 Å². The molecule has 0 bridgehead atoms. The molecular formula is C14H24N2OS. The molecule has 0 aliphatic heterocycles. The van der Waals surface area contributed by atoms with Crippen molar-refractivity contribution in [2.24, 2.45) is 0 Å². The van der Waals surface area contributed by atoms with E-state index in [1.165, 1.54) is 4.88 Å². The number of thiophene rings is 1. The highest BCUT2D eigenvalue weighted by Gasteiger charge is 2.22. The first kappa shape index (κ1) is 15.2. The number of carbonyl (C=O) groups excluding carboxylic acids is 1. The molecule has 0 radical (unpaired) electrons. The summed E-state index contributed by atoms with van der Waals surface area (Å²) in [6.45, 7) is 9.99. The summed E-state index contributed by atoms with van der Waals surface area (Å²) < 4.78 is 0. The Morgan fingerprint density at radius 2 is 2.22 bits per heavy atom. The molecule has 0 fully saturated rings. The molecule has 0 aliphatic rings. The Hall–Kier alpha value is -0.870. The van der Waals surface area contributed by atoms with Gasteiger partial charge >= 0.3 is 0 Å². The van der Waals surface area contributed by atoms with Crippen LogP contribution in [0.1, 0.15) is 39.0 Å². The number of nitrogens with one attached hydrogen (secondary N) is 2. The lowest BCUT2D eigenvalue weighted by atomic mass is 9.91. The molecule has 0 aromatic carbocycles. The monoisotopic (exact) mass is 268 g/mol. The van der Waals surface area contributed by atoms with E-state index in [0.717, 1.165) is 6.54 Å². The number of hydrogen-bond donors (Lipinski definition) is 2. The number of carbonyl (C=O) groups is 1. The van der Waals surface area contributed by atoms with E-state index in [2.05, 4.69) is 42.0 Å². The Bertz CT molecular complexity index is 360. The largest absolute Gasteiger partial charge is 0.355 e. The maximum Gasteiger partial charge on any atom is 0.221 e. The molecule has 4 heteroatoms. The van der Waals surface area contributed by atoms with Gasteiger partial charge in [-0.1, -0.05) is 26.8 Å². The first-order chi connectivity index (χ1) is 8.45. The average Bonchev–Trinajstić information content (AvgIpc) is 2.81. The SMILES string of the molecule is CCNC(C)CC(=O)NCC(C)(C)c1cccs1. The van der Waals surface area contributed by atoms with Gasteiger partial charge in [0.15, 0.2) is 0 Å². The molecule has 102 valence electrons. The van der Waals surface area contributed by atoms with Gasteiger partial charge < -0.3 is 10.6 Å². The third-order valence-electron chi connectivity index (χ3n) is 2.96. The van der Waals surface area contributed by atoms with E-state index in [4.69, 9.17) is 0 Å². The zero-order valence-corrected chi connectivity index (χ0v) is 12.6. The van der Waals surface area contributed by atoms with Crippen molar-refractivity contribution in [3.05, 3.63) is 22.4 Å². The van der Waals surface area contributed by atoms with Crippen LogP contribution in [0.15, 0.2) is 17.5 Å².